The van der Waals surface area contributed by atoms with Crippen molar-refractivity contribution >= 4 is 29.7 Å². The van der Waals surface area contributed by atoms with E-state index in [1.54, 1.807) is 6.92 Å². The number of nitrogens with zero attached hydrogens (tertiary/aromatic N) is 1. The summed E-state index contributed by atoms with van der Waals surface area (Å²) >= 11 is 0. The Labute approximate surface area is 196 Å². The molecule has 1 heterocycles. The number of aliphatic carboxylic acids is 1. The molecular formula is C22H30N4O8. The van der Waals surface area contributed by atoms with Gasteiger partial charge in [-0.05, 0) is 57.1 Å². The van der Waals surface area contributed by atoms with E-state index in [4.69, 9.17) is 19.9 Å². The number of carboxylic acid groups (broad SMARTS) is 1. The first-order chi connectivity index (χ1) is 16.3. The molecule has 0 saturated carbocycles. The highest BCUT2D eigenvalue weighted by molar-refractivity contribution is 6.11. The molecule has 1 aliphatic rings. The van der Waals surface area contributed by atoms with Gasteiger partial charge in [-0.1, -0.05) is 6.92 Å². The molecule has 0 spiro atoms. The molecule has 5 N–H and O–H groups in total. The van der Waals surface area contributed by atoms with Crippen LogP contribution >= 0.6 is 0 Å². The number of carbonyl (C=O) groups excluding carboxylic acids is 3. The summed E-state index contributed by atoms with van der Waals surface area (Å²) in [5.41, 5.74) is 3.26. The number of carbonyl (C=O) groups is 4. The molecule has 0 aliphatic carbocycles. The lowest BCUT2D eigenvalue weighted by Gasteiger charge is -2.34. The van der Waals surface area contributed by atoms with E-state index >= 15 is 0 Å². The maximum Gasteiger partial charge on any atom is 0.436 e. The maximum absolute atomic E-state index is 12.9. The van der Waals surface area contributed by atoms with Crippen molar-refractivity contribution in [2.45, 2.75) is 44.9 Å². The van der Waals surface area contributed by atoms with Crippen molar-refractivity contribution in [1.29, 1.82) is 0 Å². The van der Waals surface area contributed by atoms with Crippen molar-refractivity contribution in [3.05, 3.63) is 35.4 Å². The Morgan fingerprint density at radius 3 is 2.26 bits per heavy atom. The molecule has 0 aromatic heterocycles. The number of rotatable bonds is 10. The van der Waals surface area contributed by atoms with Gasteiger partial charge in [0.2, 0.25) is 5.90 Å². The Hall–Kier alpha value is -3.35. The third-order valence-corrected chi connectivity index (χ3v) is 5.01. The quantitative estimate of drug-likeness (QED) is 0.162. The summed E-state index contributed by atoms with van der Waals surface area (Å²) in [6, 6.07) is 5.58. The number of ketones is 1. The molecule has 1 fully saturated rings. The van der Waals surface area contributed by atoms with E-state index in [0.29, 0.717) is 31.5 Å². The van der Waals surface area contributed by atoms with Gasteiger partial charge in [-0.2, -0.15) is 0 Å². The summed E-state index contributed by atoms with van der Waals surface area (Å²) in [7, 11) is 0. The molecule has 186 valence electrons. The molecule has 1 aliphatic heterocycles. The number of nitrogens with two attached hydrogens (primary N) is 1. The zero-order valence-corrected chi connectivity index (χ0v) is 19.2. The Kier molecular flexibility index (Phi) is 10.1. The van der Waals surface area contributed by atoms with E-state index in [9.17, 15) is 24.3 Å². The predicted octanol–water partition coefficient (Wildman–Crippen LogP) is 0.781. The Balaban J connectivity index is 2.28. The van der Waals surface area contributed by atoms with E-state index in [1.807, 2.05) is 0 Å². The van der Waals surface area contributed by atoms with Crippen LogP contribution in [0.25, 0.3) is 0 Å². The van der Waals surface area contributed by atoms with Crippen LogP contribution in [-0.4, -0.2) is 73.0 Å². The number of ether oxygens (including phenoxy) is 3. The smallest absolute Gasteiger partial charge is 0.436 e. The minimum Gasteiger partial charge on any atom is -0.477 e. The first kappa shape index (κ1) is 26.9. The van der Waals surface area contributed by atoms with Gasteiger partial charge >= 0.3 is 17.8 Å². The van der Waals surface area contributed by atoms with Crippen LogP contribution in [0.15, 0.2) is 29.3 Å². The number of amides is 2. The lowest BCUT2D eigenvalue weighted by Crippen LogP contribution is -2.63. The fraction of sp³-hybridized carbons (Fsp3) is 0.500. The minimum atomic E-state index is -2.51. The van der Waals surface area contributed by atoms with Gasteiger partial charge in [0.25, 0.3) is 5.91 Å². The third kappa shape index (κ3) is 6.83. The molecule has 2 amide bonds. The summed E-state index contributed by atoms with van der Waals surface area (Å²) in [4.78, 5) is 53.1. The SMILES string of the molecule is CCOC(=O)N=C(OCN)c1ccc(C(=O)NC(OC2CCNCC2)(C(=O)O)C(=O)CC)cc1. The average Bonchev–Trinajstić information content (AvgIpc) is 2.83. The molecule has 0 bridgehead atoms. The fourth-order valence-corrected chi connectivity index (χ4v) is 3.29. The summed E-state index contributed by atoms with van der Waals surface area (Å²) in [6.45, 7) is 4.20. The molecule has 1 aromatic carbocycles. The highest BCUT2D eigenvalue weighted by Crippen LogP contribution is 2.21. The molecule has 1 saturated heterocycles. The van der Waals surface area contributed by atoms with Crippen LogP contribution in [-0.2, 0) is 23.8 Å². The number of piperidine rings is 1. The van der Waals surface area contributed by atoms with Crippen LogP contribution in [0.1, 0.15) is 49.0 Å². The van der Waals surface area contributed by atoms with Crippen LogP contribution in [0.4, 0.5) is 4.79 Å². The summed E-state index contributed by atoms with van der Waals surface area (Å²) in [6.07, 6.45) is -0.529. The predicted molar refractivity (Wildman–Crippen MR) is 120 cm³/mol. The molecule has 1 unspecified atom stereocenters. The van der Waals surface area contributed by atoms with E-state index in [2.05, 4.69) is 15.6 Å². The molecule has 12 nitrogen and oxygen atoms in total. The van der Waals surface area contributed by atoms with Crippen molar-refractivity contribution in [1.82, 2.24) is 10.6 Å². The average molecular weight is 479 g/mol. The topological polar surface area (TPSA) is 179 Å². The maximum atomic E-state index is 12.9. The van der Waals surface area contributed by atoms with Crippen molar-refractivity contribution < 1.29 is 38.5 Å². The van der Waals surface area contributed by atoms with Crippen LogP contribution in [0.3, 0.4) is 0 Å². The molecular weight excluding hydrogens is 448 g/mol. The van der Waals surface area contributed by atoms with E-state index in [1.165, 1.54) is 31.2 Å². The lowest BCUT2D eigenvalue weighted by molar-refractivity contribution is -0.185. The van der Waals surface area contributed by atoms with Crippen LogP contribution in [0, 0.1) is 0 Å². The Morgan fingerprint density at radius 2 is 1.74 bits per heavy atom. The lowest BCUT2D eigenvalue weighted by atomic mass is 10.0. The molecule has 2 rings (SSSR count). The second-order valence-corrected chi connectivity index (χ2v) is 7.29. The molecule has 1 aromatic rings. The van der Waals surface area contributed by atoms with Gasteiger partial charge in [-0.15, -0.1) is 4.99 Å². The minimum absolute atomic E-state index is 0.0513. The van der Waals surface area contributed by atoms with Gasteiger partial charge in [0.05, 0.1) is 12.7 Å². The van der Waals surface area contributed by atoms with Crippen molar-refractivity contribution in [3.8, 4) is 0 Å². The number of aliphatic imine (C=N–C) groups is 1. The second-order valence-electron chi connectivity index (χ2n) is 7.29. The van der Waals surface area contributed by atoms with Crippen LogP contribution < -0.4 is 16.4 Å². The van der Waals surface area contributed by atoms with E-state index in [-0.39, 0.29) is 31.2 Å². The number of nitrogens with one attached hydrogen (secondary N) is 2. The molecule has 0 radical (unpaired) electrons. The van der Waals surface area contributed by atoms with Gasteiger partial charge in [0, 0.05) is 17.5 Å². The van der Waals surface area contributed by atoms with E-state index in [0.717, 1.165) is 0 Å². The van der Waals surface area contributed by atoms with Crippen molar-refractivity contribution in [2.75, 3.05) is 26.4 Å². The number of benzene rings is 1. The standard InChI is InChI=1S/C22H30N4O8/c1-3-17(27)22(20(29)30,34-16-9-11-24-12-10-16)26-18(28)14-5-7-15(8-6-14)19(33-13-23)25-21(31)32-4-2/h5-8,16,24H,3-4,9-13,23H2,1-2H3,(H,26,28)(H,29,30). The van der Waals surface area contributed by atoms with Gasteiger partial charge < -0.3 is 30.0 Å². The second kappa shape index (κ2) is 12.8. The normalized spacial score (nSPS) is 16.3. The van der Waals surface area contributed by atoms with Gasteiger partial charge in [-0.3, -0.25) is 15.3 Å². The highest BCUT2D eigenvalue weighted by Gasteiger charge is 2.50. The van der Waals surface area contributed by atoms with Crippen molar-refractivity contribution in [3.63, 3.8) is 0 Å². The van der Waals surface area contributed by atoms with Crippen molar-refractivity contribution in [2.24, 2.45) is 10.7 Å². The number of carboxylic acids is 1. The van der Waals surface area contributed by atoms with E-state index < -0.39 is 35.6 Å². The van der Waals surface area contributed by atoms with Gasteiger partial charge in [-0.25, -0.2) is 9.59 Å². The fourth-order valence-electron chi connectivity index (χ4n) is 3.29. The van der Waals surface area contributed by atoms with Gasteiger partial charge in [0.15, 0.2) is 5.78 Å². The van der Waals surface area contributed by atoms with Gasteiger partial charge in [0.1, 0.15) is 6.73 Å². The first-order valence-corrected chi connectivity index (χ1v) is 10.9. The molecule has 12 heteroatoms. The zero-order valence-electron chi connectivity index (χ0n) is 19.2. The summed E-state index contributed by atoms with van der Waals surface area (Å²) in [5, 5.41) is 15.3. The largest absolute Gasteiger partial charge is 0.477 e. The summed E-state index contributed by atoms with van der Waals surface area (Å²) in [5.74, 6) is -3.30. The van der Waals surface area contributed by atoms with Crippen LogP contribution in [0.2, 0.25) is 0 Å². The number of Topliss-reactive ketones (excluding diaryl/α,β-unsaturated/α-hetero) is 1. The molecule has 1 atom stereocenters. The number of hydrogen-bond acceptors (Lipinski definition) is 9. The number of hydrogen-bond donors (Lipinski definition) is 4. The summed E-state index contributed by atoms with van der Waals surface area (Å²) < 4.78 is 15.6. The Morgan fingerprint density at radius 1 is 1.12 bits per heavy atom. The third-order valence-electron chi connectivity index (χ3n) is 5.01. The first-order valence-electron chi connectivity index (χ1n) is 10.9. The molecule has 34 heavy (non-hydrogen) atoms. The zero-order chi connectivity index (χ0) is 25.1. The monoisotopic (exact) mass is 478 g/mol. The highest BCUT2D eigenvalue weighted by atomic mass is 16.6. The Bertz CT molecular complexity index is 912. The van der Waals surface area contributed by atoms with Crippen LogP contribution in [0.5, 0.6) is 0 Å².